The predicted molar refractivity (Wildman–Crippen MR) is 44.8 cm³/mol. The van der Waals surface area contributed by atoms with Crippen molar-refractivity contribution < 1.29 is 14.3 Å². The molecule has 0 bridgehead atoms. The van der Waals surface area contributed by atoms with E-state index in [1.54, 1.807) is 0 Å². The van der Waals surface area contributed by atoms with Crippen LogP contribution in [0.2, 0.25) is 0 Å². The van der Waals surface area contributed by atoms with E-state index in [0.29, 0.717) is 12.5 Å². The first-order chi connectivity index (χ1) is 5.74. The van der Waals surface area contributed by atoms with Gasteiger partial charge in [-0.05, 0) is 24.3 Å². The Hall–Kier alpha value is -0.990. The molecule has 0 saturated heterocycles. The SMILES string of the molecule is COC(=O)OCC1=CCCC1C. The standard InChI is InChI=1S/C9H14O3/c1-7-4-3-5-8(7)6-12-9(10)11-2/h5,7H,3-4,6H2,1-2H3. The van der Waals surface area contributed by atoms with Gasteiger partial charge in [-0.15, -0.1) is 0 Å². The summed E-state index contributed by atoms with van der Waals surface area (Å²) in [5.41, 5.74) is 1.21. The Morgan fingerprint density at radius 2 is 2.50 bits per heavy atom. The van der Waals surface area contributed by atoms with Gasteiger partial charge < -0.3 is 9.47 Å². The molecular weight excluding hydrogens is 156 g/mol. The smallest absolute Gasteiger partial charge is 0.438 e. The zero-order valence-electron chi connectivity index (χ0n) is 7.50. The highest BCUT2D eigenvalue weighted by atomic mass is 16.7. The summed E-state index contributed by atoms with van der Waals surface area (Å²) in [4.78, 5) is 10.6. The average Bonchev–Trinajstić information content (AvgIpc) is 2.47. The van der Waals surface area contributed by atoms with E-state index in [-0.39, 0.29) is 0 Å². The molecular formula is C9H14O3. The lowest BCUT2D eigenvalue weighted by atomic mass is 10.1. The summed E-state index contributed by atoms with van der Waals surface area (Å²) >= 11 is 0. The Bertz CT molecular complexity index is 196. The molecule has 12 heavy (non-hydrogen) atoms. The molecule has 0 aromatic heterocycles. The third kappa shape index (κ3) is 2.26. The monoisotopic (exact) mass is 170 g/mol. The molecule has 0 radical (unpaired) electrons. The Kier molecular flexibility index (Phi) is 3.14. The van der Waals surface area contributed by atoms with Gasteiger partial charge >= 0.3 is 6.16 Å². The fraction of sp³-hybridized carbons (Fsp3) is 0.667. The molecule has 3 heteroatoms. The van der Waals surface area contributed by atoms with Crippen LogP contribution in [0.15, 0.2) is 11.6 Å². The molecule has 0 amide bonds. The normalized spacial score (nSPS) is 21.8. The van der Waals surface area contributed by atoms with Crippen LogP contribution in [0.25, 0.3) is 0 Å². The zero-order valence-corrected chi connectivity index (χ0v) is 7.50. The highest BCUT2D eigenvalue weighted by Gasteiger charge is 2.15. The van der Waals surface area contributed by atoms with Crippen LogP contribution in [0.5, 0.6) is 0 Å². The molecule has 0 fully saturated rings. The second-order valence-electron chi connectivity index (χ2n) is 3.00. The Labute approximate surface area is 72.4 Å². The van der Waals surface area contributed by atoms with Crippen LogP contribution in [0.4, 0.5) is 4.79 Å². The number of ether oxygens (including phenoxy) is 2. The predicted octanol–water partition coefficient (Wildman–Crippen LogP) is 2.13. The van der Waals surface area contributed by atoms with Crippen LogP contribution in [0.3, 0.4) is 0 Å². The fourth-order valence-corrected chi connectivity index (χ4v) is 1.31. The van der Waals surface area contributed by atoms with Gasteiger partial charge in [0.1, 0.15) is 6.61 Å². The van der Waals surface area contributed by atoms with Crippen LogP contribution in [0, 0.1) is 5.92 Å². The Balaban J connectivity index is 2.27. The highest BCUT2D eigenvalue weighted by molar-refractivity contribution is 5.59. The van der Waals surface area contributed by atoms with Crippen molar-refractivity contribution in [3.05, 3.63) is 11.6 Å². The molecule has 1 unspecified atom stereocenters. The van der Waals surface area contributed by atoms with Gasteiger partial charge in [-0.2, -0.15) is 0 Å². The molecule has 1 rings (SSSR count). The van der Waals surface area contributed by atoms with Crippen LogP contribution < -0.4 is 0 Å². The molecule has 3 nitrogen and oxygen atoms in total. The maximum atomic E-state index is 10.6. The van der Waals surface area contributed by atoms with E-state index in [1.807, 2.05) is 0 Å². The van der Waals surface area contributed by atoms with Gasteiger partial charge in [0.25, 0.3) is 0 Å². The molecule has 68 valence electrons. The van der Waals surface area contributed by atoms with E-state index in [1.165, 1.54) is 19.1 Å². The van der Waals surface area contributed by atoms with Gasteiger partial charge in [-0.1, -0.05) is 13.0 Å². The summed E-state index contributed by atoms with van der Waals surface area (Å²) in [5.74, 6) is 0.551. The summed E-state index contributed by atoms with van der Waals surface area (Å²) in [6.07, 6.45) is 3.80. The first kappa shape index (κ1) is 9.10. The maximum absolute atomic E-state index is 10.6. The van der Waals surface area contributed by atoms with Crippen LogP contribution in [0.1, 0.15) is 19.8 Å². The second kappa shape index (κ2) is 4.14. The molecule has 0 aromatic rings. The first-order valence-electron chi connectivity index (χ1n) is 4.13. The van der Waals surface area contributed by atoms with E-state index in [4.69, 9.17) is 4.74 Å². The van der Waals surface area contributed by atoms with Crippen LogP contribution in [-0.4, -0.2) is 19.9 Å². The van der Waals surface area contributed by atoms with Crippen molar-refractivity contribution in [1.82, 2.24) is 0 Å². The minimum Gasteiger partial charge on any atom is -0.438 e. The van der Waals surface area contributed by atoms with Gasteiger partial charge in [0.2, 0.25) is 0 Å². The minimum absolute atomic E-state index is 0.383. The van der Waals surface area contributed by atoms with Gasteiger partial charge in [0, 0.05) is 0 Å². The van der Waals surface area contributed by atoms with E-state index in [2.05, 4.69) is 17.7 Å². The molecule has 0 heterocycles. The van der Waals surface area contributed by atoms with Gasteiger partial charge in [-0.25, -0.2) is 4.79 Å². The maximum Gasteiger partial charge on any atom is 0.508 e. The topological polar surface area (TPSA) is 35.5 Å². The summed E-state index contributed by atoms with van der Waals surface area (Å²) in [6.45, 7) is 2.52. The van der Waals surface area contributed by atoms with Gasteiger partial charge in [0.15, 0.2) is 0 Å². The van der Waals surface area contributed by atoms with Crippen LogP contribution >= 0.6 is 0 Å². The fourth-order valence-electron chi connectivity index (χ4n) is 1.31. The van der Waals surface area contributed by atoms with E-state index >= 15 is 0 Å². The van der Waals surface area contributed by atoms with E-state index < -0.39 is 6.16 Å². The van der Waals surface area contributed by atoms with E-state index in [0.717, 1.165) is 6.42 Å². The molecule has 0 spiro atoms. The molecule has 0 aromatic carbocycles. The number of hydrogen-bond donors (Lipinski definition) is 0. The van der Waals surface area contributed by atoms with Crippen molar-refractivity contribution in [2.45, 2.75) is 19.8 Å². The lowest BCUT2D eigenvalue weighted by Gasteiger charge is -2.08. The summed E-state index contributed by atoms with van der Waals surface area (Å²) in [7, 11) is 1.31. The molecule has 1 aliphatic carbocycles. The summed E-state index contributed by atoms with van der Waals surface area (Å²) in [6, 6.07) is 0. The average molecular weight is 170 g/mol. The summed E-state index contributed by atoms with van der Waals surface area (Å²) in [5, 5.41) is 0. The van der Waals surface area contributed by atoms with Crippen molar-refractivity contribution in [2.75, 3.05) is 13.7 Å². The van der Waals surface area contributed by atoms with Crippen molar-refractivity contribution >= 4 is 6.16 Å². The number of rotatable bonds is 2. The van der Waals surface area contributed by atoms with E-state index in [9.17, 15) is 4.79 Å². The molecule has 0 saturated carbocycles. The zero-order chi connectivity index (χ0) is 8.97. The Morgan fingerprint density at radius 3 is 3.00 bits per heavy atom. The quantitative estimate of drug-likeness (QED) is 0.470. The largest absolute Gasteiger partial charge is 0.508 e. The lowest BCUT2D eigenvalue weighted by molar-refractivity contribution is 0.0785. The van der Waals surface area contributed by atoms with Crippen molar-refractivity contribution in [1.29, 1.82) is 0 Å². The number of methoxy groups -OCH3 is 1. The third-order valence-corrected chi connectivity index (χ3v) is 2.16. The molecule has 1 atom stereocenters. The van der Waals surface area contributed by atoms with Crippen LogP contribution in [-0.2, 0) is 9.47 Å². The number of carbonyl (C=O) groups excluding carboxylic acids is 1. The highest BCUT2D eigenvalue weighted by Crippen LogP contribution is 2.24. The second-order valence-corrected chi connectivity index (χ2v) is 3.00. The minimum atomic E-state index is -0.602. The third-order valence-electron chi connectivity index (χ3n) is 2.16. The molecule has 0 aliphatic heterocycles. The number of allylic oxidation sites excluding steroid dienone is 1. The Morgan fingerprint density at radius 1 is 1.75 bits per heavy atom. The lowest BCUT2D eigenvalue weighted by Crippen LogP contribution is -2.09. The van der Waals surface area contributed by atoms with Gasteiger partial charge in [0.05, 0.1) is 7.11 Å². The molecule has 1 aliphatic rings. The van der Waals surface area contributed by atoms with Gasteiger partial charge in [-0.3, -0.25) is 0 Å². The summed E-state index contributed by atoms with van der Waals surface area (Å²) < 4.78 is 9.17. The molecule has 0 N–H and O–H groups in total. The number of hydrogen-bond acceptors (Lipinski definition) is 3. The first-order valence-corrected chi connectivity index (χ1v) is 4.13. The number of carbonyl (C=O) groups is 1. The van der Waals surface area contributed by atoms with Crippen molar-refractivity contribution in [2.24, 2.45) is 5.92 Å². The van der Waals surface area contributed by atoms with Crippen molar-refractivity contribution in [3.8, 4) is 0 Å². The van der Waals surface area contributed by atoms with Crippen molar-refractivity contribution in [3.63, 3.8) is 0 Å².